The Morgan fingerprint density at radius 3 is 2.52 bits per heavy atom. The molecule has 0 N–H and O–H groups in total. The van der Waals surface area contributed by atoms with Crippen LogP contribution in [0.2, 0.25) is 0 Å². The lowest BCUT2D eigenvalue weighted by molar-refractivity contribution is 0.284. The summed E-state index contributed by atoms with van der Waals surface area (Å²) >= 11 is 1.40. The molecule has 27 heavy (non-hydrogen) atoms. The first-order valence-corrected chi connectivity index (χ1v) is 9.15. The van der Waals surface area contributed by atoms with Crippen molar-refractivity contribution in [3.05, 3.63) is 83.2 Å². The fourth-order valence-electron chi connectivity index (χ4n) is 2.63. The standard InChI is InChI=1S/C22H18FNO2S/c1-15-10-18(23)11-17(13-24)22(15)27-19-8-9-20(21(12-19)25-2)26-14-16-6-4-3-5-7-16/h3-12H,14H2,1-2H3. The van der Waals surface area contributed by atoms with Crippen LogP contribution in [0.15, 0.2) is 70.5 Å². The van der Waals surface area contributed by atoms with Crippen LogP contribution in [0.5, 0.6) is 11.5 Å². The van der Waals surface area contributed by atoms with E-state index in [9.17, 15) is 9.65 Å². The van der Waals surface area contributed by atoms with Gasteiger partial charge in [0.1, 0.15) is 18.5 Å². The predicted octanol–water partition coefficient (Wildman–Crippen LogP) is 5.74. The number of hydrogen-bond donors (Lipinski definition) is 0. The smallest absolute Gasteiger partial charge is 0.161 e. The second kappa shape index (κ2) is 8.61. The average Bonchev–Trinajstić information content (AvgIpc) is 2.69. The number of nitriles is 1. The fourth-order valence-corrected chi connectivity index (χ4v) is 3.60. The molecule has 0 fully saturated rings. The van der Waals surface area contributed by atoms with E-state index in [-0.39, 0.29) is 0 Å². The molecule has 0 bridgehead atoms. The van der Waals surface area contributed by atoms with Crippen molar-refractivity contribution < 1.29 is 13.9 Å². The van der Waals surface area contributed by atoms with E-state index >= 15 is 0 Å². The highest BCUT2D eigenvalue weighted by Crippen LogP contribution is 2.38. The maximum Gasteiger partial charge on any atom is 0.161 e. The number of rotatable bonds is 6. The van der Waals surface area contributed by atoms with Gasteiger partial charge in [-0.25, -0.2) is 4.39 Å². The number of aryl methyl sites for hydroxylation is 1. The molecular formula is C22H18FNO2S. The van der Waals surface area contributed by atoms with Gasteiger partial charge < -0.3 is 9.47 Å². The van der Waals surface area contributed by atoms with Crippen LogP contribution in [0.3, 0.4) is 0 Å². The van der Waals surface area contributed by atoms with Gasteiger partial charge in [0.2, 0.25) is 0 Å². The van der Waals surface area contributed by atoms with Crippen LogP contribution in [0.1, 0.15) is 16.7 Å². The van der Waals surface area contributed by atoms with E-state index < -0.39 is 5.82 Å². The highest BCUT2D eigenvalue weighted by Gasteiger charge is 2.12. The molecule has 0 unspecified atom stereocenters. The van der Waals surface area contributed by atoms with Crippen LogP contribution >= 0.6 is 11.8 Å². The Hall–Kier alpha value is -2.97. The first-order chi connectivity index (χ1) is 13.1. The lowest BCUT2D eigenvalue weighted by Crippen LogP contribution is -1.97. The number of nitrogens with zero attached hydrogens (tertiary/aromatic N) is 1. The Bertz CT molecular complexity index is 984. The monoisotopic (exact) mass is 379 g/mol. The molecule has 0 atom stereocenters. The van der Waals surface area contributed by atoms with Gasteiger partial charge in [-0.2, -0.15) is 5.26 Å². The zero-order valence-corrected chi connectivity index (χ0v) is 15.8. The molecule has 136 valence electrons. The lowest BCUT2D eigenvalue weighted by Gasteiger charge is -2.13. The van der Waals surface area contributed by atoms with Gasteiger partial charge >= 0.3 is 0 Å². The quantitative estimate of drug-likeness (QED) is 0.547. The molecule has 5 heteroatoms. The van der Waals surface area contributed by atoms with Crippen molar-refractivity contribution in [3.63, 3.8) is 0 Å². The largest absolute Gasteiger partial charge is 0.493 e. The topological polar surface area (TPSA) is 42.2 Å². The minimum absolute atomic E-state index is 0.320. The zero-order chi connectivity index (χ0) is 19.2. The molecule has 0 heterocycles. The van der Waals surface area contributed by atoms with Gasteiger partial charge in [0.25, 0.3) is 0 Å². The number of hydrogen-bond acceptors (Lipinski definition) is 4. The summed E-state index contributed by atoms with van der Waals surface area (Å²) in [6, 6.07) is 20.2. The third kappa shape index (κ3) is 4.60. The molecule has 0 amide bonds. The normalized spacial score (nSPS) is 10.3. The van der Waals surface area contributed by atoms with Gasteiger partial charge in [-0.1, -0.05) is 42.1 Å². The minimum Gasteiger partial charge on any atom is -0.493 e. The van der Waals surface area contributed by atoms with E-state index in [0.717, 1.165) is 20.9 Å². The molecule has 0 aliphatic rings. The number of benzene rings is 3. The summed E-state index contributed by atoms with van der Waals surface area (Å²) < 4.78 is 24.9. The molecule has 0 aliphatic heterocycles. The Labute approximate surface area is 162 Å². The number of halogens is 1. The molecule has 0 saturated heterocycles. The van der Waals surface area contributed by atoms with Crippen LogP contribution < -0.4 is 9.47 Å². The summed E-state index contributed by atoms with van der Waals surface area (Å²) in [5.41, 5.74) is 2.11. The first-order valence-electron chi connectivity index (χ1n) is 8.33. The summed E-state index contributed by atoms with van der Waals surface area (Å²) in [5.74, 6) is 0.840. The predicted molar refractivity (Wildman–Crippen MR) is 104 cm³/mol. The van der Waals surface area contributed by atoms with Crippen molar-refractivity contribution in [1.82, 2.24) is 0 Å². The Morgan fingerprint density at radius 2 is 1.81 bits per heavy atom. The van der Waals surface area contributed by atoms with E-state index in [2.05, 4.69) is 6.07 Å². The summed E-state index contributed by atoms with van der Waals surface area (Å²) in [6.45, 7) is 2.24. The van der Waals surface area contributed by atoms with Gasteiger partial charge in [-0.05, 0) is 48.4 Å². The van der Waals surface area contributed by atoms with Crippen molar-refractivity contribution in [1.29, 1.82) is 5.26 Å². The van der Waals surface area contributed by atoms with Crippen LogP contribution in [0, 0.1) is 24.1 Å². The Balaban J connectivity index is 1.82. The van der Waals surface area contributed by atoms with Crippen molar-refractivity contribution >= 4 is 11.8 Å². The number of ether oxygens (including phenoxy) is 2. The van der Waals surface area contributed by atoms with E-state index in [1.807, 2.05) is 48.5 Å². The molecule has 0 aromatic heterocycles. The van der Waals surface area contributed by atoms with Gasteiger partial charge in [0.05, 0.1) is 12.7 Å². The second-order valence-corrected chi connectivity index (χ2v) is 6.98. The lowest BCUT2D eigenvalue weighted by atomic mass is 10.1. The summed E-state index contributed by atoms with van der Waals surface area (Å²) in [4.78, 5) is 1.61. The average molecular weight is 379 g/mol. The SMILES string of the molecule is COc1cc(Sc2c(C)cc(F)cc2C#N)ccc1OCc1ccccc1. The molecule has 0 radical (unpaired) electrons. The highest BCUT2D eigenvalue weighted by atomic mass is 32.2. The van der Waals surface area contributed by atoms with Crippen molar-refractivity contribution in [2.45, 2.75) is 23.3 Å². The van der Waals surface area contributed by atoms with E-state index in [4.69, 9.17) is 9.47 Å². The summed E-state index contributed by atoms with van der Waals surface area (Å²) in [7, 11) is 1.59. The molecule has 3 aromatic rings. The fraction of sp³-hybridized carbons (Fsp3) is 0.136. The van der Waals surface area contributed by atoms with Crippen molar-refractivity contribution in [3.8, 4) is 17.6 Å². The van der Waals surface area contributed by atoms with E-state index in [0.29, 0.717) is 23.7 Å². The zero-order valence-electron chi connectivity index (χ0n) is 15.0. The number of methoxy groups -OCH3 is 1. The highest BCUT2D eigenvalue weighted by molar-refractivity contribution is 7.99. The van der Waals surface area contributed by atoms with Gasteiger partial charge in [-0.15, -0.1) is 0 Å². The molecule has 3 nitrogen and oxygen atoms in total. The maximum atomic E-state index is 13.5. The molecule has 0 saturated carbocycles. The maximum absolute atomic E-state index is 13.5. The molecule has 3 rings (SSSR count). The molecule has 3 aromatic carbocycles. The Kier molecular flexibility index (Phi) is 6.00. The van der Waals surface area contributed by atoms with Gasteiger partial charge in [-0.3, -0.25) is 0 Å². The van der Waals surface area contributed by atoms with Gasteiger partial charge in [0.15, 0.2) is 11.5 Å². The molecular weight excluding hydrogens is 361 g/mol. The Morgan fingerprint density at radius 1 is 1.04 bits per heavy atom. The van der Waals surface area contributed by atoms with Crippen LogP contribution in [0.4, 0.5) is 4.39 Å². The third-order valence-electron chi connectivity index (χ3n) is 3.95. The van der Waals surface area contributed by atoms with Crippen molar-refractivity contribution in [2.24, 2.45) is 0 Å². The minimum atomic E-state index is -0.407. The van der Waals surface area contributed by atoms with E-state index in [1.54, 1.807) is 14.0 Å². The van der Waals surface area contributed by atoms with Crippen LogP contribution in [-0.4, -0.2) is 7.11 Å². The van der Waals surface area contributed by atoms with E-state index in [1.165, 1.54) is 23.9 Å². The van der Waals surface area contributed by atoms with Crippen LogP contribution in [-0.2, 0) is 6.61 Å². The molecule has 0 spiro atoms. The van der Waals surface area contributed by atoms with Gasteiger partial charge in [0, 0.05) is 9.79 Å². The van der Waals surface area contributed by atoms with Crippen LogP contribution in [0.25, 0.3) is 0 Å². The second-order valence-electron chi connectivity index (χ2n) is 5.90. The molecule has 0 aliphatic carbocycles. The third-order valence-corrected chi connectivity index (χ3v) is 5.19. The summed E-state index contributed by atoms with van der Waals surface area (Å²) in [5, 5.41) is 9.29. The van der Waals surface area contributed by atoms with Crippen molar-refractivity contribution in [2.75, 3.05) is 7.11 Å². The first kappa shape index (κ1) is 18.8. The summed E-state index contributed by atoms with van der Waals surface area (Å²) in [6.07, 6.45) is 0.